The molecule has 0 bridgehead atoms. The molecule has 1 fully saturated rings. The first kappa shape index (κ1) is 27.5. The fourth-order valence-electron chi connectivity index (χ4n) is 4.25. The van der Waals surface area contributed by atoms with Gasteiger partial charge in [0.2, 0.25) is 0 Å². The second-order valence-electron chi connectivity index (χ2n) is 8.84. The molecule has 1 atom stereocenters. The molecule has 0 saturated carbocycles. The van der Waals surface area contributed by atoms with Gasteiger partial charge in [0.25, 0.3) is 0 Å². The van der Waals surface area contributed by atoms with Gasteiger partial charge in [0, 0.05) is 61.1 Å². The Hall–Kier alpha value is -1.74. The molecule has 2 aromatic heterocycles. The summed E-state index contributed by atoms with van der Waals surface area (Å²) in [6.07, 6.45) is 12.8. The van der Waals surface area contributed by atoms with Crippen molar-refractivity contribution in [1.82, 2.24) is 14.9 Å². The van der Waals surface area contributed by atoms with Gasteiger partial charge in [-0.2, -0.15) is 0 Å². The molecule has 0 aromatic carbocycles. The first-order valence-electron chi connectivity index (χ1n) is 11.5. The van der Waals surface area contributed by atoms with Gasteiger partial charge < -0.3 is 22.5 Å². The number of hydrogen-bond donors (Lipinski definition) is 1. The van der Waals surface area contributed by atoms with E-state index in [-0.39, 0.29) is 31.1 Å². The van der Waals surface area contributed by atoms with Crippen molar-refractivity contribution >= 4 is 11.5 Å². The third-order valence-electron chi connectivity index (χ3n) is 5.96. The maximum Gasteiger partial charge on any atom is 2.00 e. The third kappa shape index (κ3) is 7.37. The predicted octanol–water partition coefficient (Wildman–Crippen LogP) is 4.84. The van der Waals surface area contributed by atoms with Crippen molar-refractivity contribution in [2.75, 3.05) is 31.1 Å². The molecular formula is C27H35N5U. The molecule has 3 rings (SSSR count). The summed E-state index contributed by atoms with van der Waals surface area (Å²) < 4.78 is 0. The number of piperazine rings is 1. The third-order valence-corrected chi connectivity index (χ3v) is 5.96. The normalized spacial score (nSPS) is 15.9. The van der Waals surface area contributed by atoms with Gasteiger partial charge in [-0.05, 0) is 32.3 Å². The van der Waals surface area contributed by atoms with Gasteiger partial charge in [-0.3, -0.25) is 20.9 Å². The Bertz CT molecular complexity index is 974. The minimum absolute atomic E-state index is 0. The molecule has 172 valence electrons. The second kappa shape index (κ2) is 13.2. The molecule has 0 aliphatic carbocycles. The van der Waals surface area contributed by atoms with Crippen LogP contribution < -0.4 is 4.90 Å². The van der Waals surface area contributed by atoms with E-state index in [0.29, 0.717) is 23.4 Å². The number of aryl methyl sites for hydroxylation is 1. The topological polar surface area (TPSA) is 56.1 Å². The zero-order valence-corrected chi connectivity index (χ0v) is 24.7. The molecule has 0 unspecified atom stereocenters. The van der Waals surface area contributed by atoms with E-state index in [4.69, 9.17) is 10.4 Å². The van der Waals surface area contributed by atoms with Crippen molar-refractivity contribution in [3.8, 4) is 0 Å². The number of pyridine rings is 2. The molecule has 5 nitrogen and oxygen atoms in total. The van der Waals surface area contributed by atoms with E-state index in [1.807, 2.05) is 44.2 Å². The average Bonchev–Trinajstić information content (AvgIpc) is 2.79. The molecule has 1 aliphatic heterocycles. The van der Waals surface area contributed by atoms with Crippen LogP contribution in [0.15, 0.2) is 42.6 Å². The average molecular weight is 668 g/mol. The summed E-state index contributed by atoms with van der Waals surface area (Å²) in [7, 11) is 0. The Morgan fingerprint density at radius 1 is 1.12 bits per heavy atom. The first-order valence-corrected chi connectivity index (χ1v) is 11.5. The van der Waals surface area contributed by atoms with E-state index < -0.39 is 0 Å². The molecule has 3 heterocycles. The molecule has 0 radical (unpaired) electrons. The number of rotatable bonds is 8. The summed E-state index contributed by atoms with van der Waals surface area (Å²) >= 11 is 0. The van der Waals surface area contributed by atoms with Crippen LogP contribution in [0.4, 0.5) is 5.82 Å². The molecule has 0 spiro atoms. The number of nitrogens with one attached hydrogen (secondary N) is 1. The van der Waals surface area contributed by atoms with E-state index in [9.17, 15) is 0 Å². The maximum atomic E-state index is 8.89. The molecule has 6 heteroatoms. The largest absolute Gasteiger partial charge is 2.00 e. The number of nitrogens with zero attached hydrogens (tertiary/aromatic N) is 4. The Labute approximate surface area is 223 Å². The van der Waals surface area contributed by atoms with Crippen LogP contribution in [0, 0.1) is 61.5 Å². The van der Waals surface area contributed by atoms with E-state index in [0.717, 1.165) is 48.8 Å². The summed E-state index contributed by atoms with van der Waals surface area (Å²) in [5, 5.41) is 8.89. The molecule has 1 N–H and O–H groups in total. The van der Waals surface area contributed by atoms with Crippen molar-refractivity contribution in [2.45, 2.75) is 47.1 Å². The van der Waals surface area contributed by atoms with Crippen molar-refractivity contribution in [1.29, 1.82) is 5.41 Å². The molecule has 0 amide bonds. The zero-order valence-electron chi connectivity index (χ0n) is 20.5. The summed E-state index contributed by atoms with van der Waals surface area (Å²) in [4.78, 5) is 14.2. The van der Waals surface area contributed by atoms with Gasteiger partial charge in [0.1, 0.15) is 5.82 Å². The predicted molar refractivity (Wildman–Crippen MR) is 132 cm³/mol. The van der Waals surface area contributed by atoms with Crippen LogP contribution in [-0.2, 0) is 0 Å². The fraction of sp³-hybridized carbons (Fsp3) is 0.444. The summed E-state index contributed by atoms with van der Waals surface area (Å²) in [5.41, 5.74) is 3.44. The summed E-state index contributed by atoms with van der Waals surface area (Å²) in [6.45, 7) is 14.7. The number of aromatic nitrogens is 2. The van der Waals surface area contributed by atoms with E-state index in [1.165, 1.54) is 6.42 Å². The SMILES string of the molecule is C[C-]=CC=[C-]c1ccc(N2CCN([C@H](C)CC(C)C)CC2)nc1C(=N)c1cccnc1C.[U+2]. The second-order valence-corrected chi connectivity index (χ2v) is 8.84. The van der Waals surface area contributed by atoms with Crippen molar-refractivity contribution in [3.63, 3.8) is 0 Å². The quantitative estimate of drug-likeness (QED) is 0.249. The monoisotopic (exact) mass is 667 g/mol. The minimum atomic E-state index is 0. The molecule has 1 aliphatic rings. The number of anilines is 1. The number of allylic oxidation sites excluding steroid dienone is 3. The van der Waals surface area contributed by atoms with Crippen molar-refractivity contribution < 1.29 is 31.1 Å². The molecule has 1 saturated heterocycles. The maximum absolute atomic E-state index is 8.89. The van der Waals surface area contributed by atoms with E-state index in [2.05, 4.69) is 53.8 Å². The molecule has 2 aromatic rings. The van der Waals surface area contributed by atoms with Gasteiger partial charge in [-0.15, -0.1) is 18.6 Å². The van der Waals surface area contributed by atoms with Gasteiger partial charge >= 0.3 is 31.1 Å². The summed E-state index contributed by atoms with van der Waals surface area (Å²) in [6, 6.07) is 8.47. The first-order chi connectivity index (χ1) is 15.4. The van der Waals surface area contributed by atoms with Crippen LogP contribution in [-0.4, -0.2) is 52.8 Å². The van der Waals surface area contributed by atoms with Crippen LogP contribution in [0.3, 0.4) is 0 Å². The van der Waals surface area contributed by atoms with Crippen LogP contribution in [0.5, 0.6) is 0 Å². The van der Waals surface area contributed by atoms with Crippen molar-refractivity contribution in [2.24, 2.45) is 5.92 Å². The Morgan fingerprint density at radius 2 is 1.85 bits per heavy atom. The molecular weight excluding hydrogens is 632 g/mol. The van der Waals surface area contributed by atoms with Gasteiger partial charge in [0.05, 0.1) is 0 Å². The van der Waals surface area contributed by atoms with E-state index >= 15 is 0 Å². The molecule has 33 heavy (non-hydrogen) atoms. The van der Waals surface area contributed by atoms with Crippen LogP contribution in [0.1, 0.15) is 56.6 Å². The Kier molecular flexibility index (Phi) is 11.0. The number of hydrogen-bond acceptors (Lipinski definition) is 5. The van der Waals surface area contributed by atoms with Crippen molar-refractivity contribution in [3.05, 3.63) is 77.3 Å². The summed E-state index contributed by atoms with van der Waals surface area (Å²) in [5.74, 6) is 1.64. The van der Waals surface area contributed by atoms with E-state index in [1.54, 1.807) is 6.20 Å². The van der Waals surface area contributed by atoms with Gasteiger partial charge in [0.15, 0.2) is 0 Å². The smallest absolute Gasteiger partial charge is 0.355 e. The zero-order chi connectivity index (χ0) is 23.1. The van der Waals surface area contributed by atoms with Crippen LogP contribution in [0.25, 0.3) is 0 Å². The Morgan fingerprint density at radius 3 is 2.48 bits per heavy atom. The Balaban J connectivity index is 0.00000385. The van der Waals surface area contributed by atoms with Gasteiger partial charge in [-0.25, -0.2) is 6.08 Å². The van der Waals surface area contributed by atoms with Gasteiger partial charge in [-0.1, -0.05) is 26.0 Å². The van der Waals surface area contributed by atoms with Crippen LogP contribution >= 0.6 is 0 Å². The van der Waals surface area contributed by atoms with Crippen LogP contribution in [0.2, 0.25) is 0 Å². The standard InChI is InChI=1S/C27H35N5.U/c1-6-7-8-10-23-12-13-25(30-27(23)26(28)24-11-9-14-29-22(24)5)32-17-15-31(16-18-32)21(4)19-20(2)3;/h7-9,11-14,20-21,28H,15-19H2,1-5H3;/q-2;+2/t21-;/m1./s1. The minimum Gasteiger partial charge on any atom is -0.355 e. The fourth-order valence-corrected chi connectivity index (χ4v) is 4.25.